The molecule has 1 heterocycles. The highest BCUT2D eigenvalue weighted by Gasteiger charge is 2.11. The Labute approximate surface area is 194 Å². The monoisotopic (exact) mass is 452 g/mol. The number of rotatable bonds is 10. The molecule has 0 aliphatic rings. The van der Waals surface area contributed by atoms with Crippen LogP contribution in [0.5, 0.6) is 5.75 Å². The second-order valence-electron chi connectivity index (χ2n) is 7.01. The molecule has 0 saturated carbocycles. The molecule has 0 spiro atoms. The SMILES string of the molecule is C\C=C/C(=N/C=C/c1cc(OCC)c2ccc(C(=O)NCC/C(NN)=C(\C)N)cc2n1)OC. The lowest BCUT2D eigenvalue weighted by atomic mass is 10.1. The van der Waals surface area contributed by atoms with Gasteiger partial charge < -0.3 is 25.9 Å². The molecular formula is C24H32N6O3. The van der Waals surface area contributed by atoms with E-state index in [1.165, 1.54) is 0 Å². The highest BCUT2D eigenvalue weighted by Crippen LogP contribution is 2.27. The fourth-order valence-corrected chi connectivity index (χ4v) is 3.00. The van der Waals surface area contributed by atoms with Crippen molar-refractivity contribution in [2.75, 3.05) is 20.3 Å². The number of hydrogen-bond acceptors (Lipinski definition) is 8. The third-order valence-corrected chi connectivity index (χ3v) is 4.63. The average molecular weight is 453 g/mol. The first-order chi connectivity index (χ1) is 15.9. The summed E-state index contributed by atoms with van der Waals surface area (Å²) in [6.07, 6.45) is 7.45. The molecule has 0 atom stereocenters. The fourth-order valence-electron chi connectivity index (χ4n) is 3.00. The van der Waals surface area contributed by atoms with Crippen LogP contribution in [0.2, 0.25) is 0 Å². The van der Waals surface area contributed by atoms with E-state index in [2.05, 4.69) is 20.7 Å². The van der Waals surface area contributed by atoms with Crippen LogP contribution in [0, 0.1) is 0 Å². The zero-order valence-corrected chi connectivity index (χ0v) is 19.5. The molecule has 0 bridgehead atoms. The van der Waals surface area contributed by atoms with Crippen LogP contribution in [0.1, 0.15) is 43.2 Å². The number of amides is 1. The third-order valence-electron chi connectivity index (χ3n) is 4.63. The van der Waals surface area contributed by atoms with Gasteiger partial charge in [-0.3, -0.25) is 10.6 Å². The lowest BCUT2D eigenvalue weighted by Gasteiger charge is -2.11. The molecule has 9 nitrogen and oxygen atoms in total. The van der Waals surface area contributed by atoms with Gasteiger partial charge in [-0.2, -0.15) is 0 Å². The molecule has 0 radical (unpaired) electrons. The van der Waals surface area contributed by atoms with Gasteiger partial charge >= 0.3 is 0 Å². The largest absolute Gasteiger partial charge is 0.493 e. The Bertz CT molecular complexity index is 1090. The summed E-state index contributed by atoms with van der Waals surface area (Å²) < 4.78 is 11.0. The number of ether oxygens (including phenoxy) is 2. The third kappa shape index (κ3) is 7.36. The molecule has 0 aliphatic carbocycles. The molecule has 9 heteroatoms. The standard InChI is InChI=1S/C24H32N6O3/c1-5-7-23(32-4)27-12-10-18-15-22(33-6-2)19-9-8-17(14-21(19)29-18)24(31)28-13-11-20(30-26)16(3)25/h5,7-10,12,14-15,30H,6,11,13,25-26H2,1-4H3,(H,28,31)/b7-5-,12-10+,20-16-,27-23-. The molecule has 176 valence electrons. The minimum absolute atomic E-state index is 0.218. The molecule has 0 aliphatic heterocycles. The van der Waals surface area contributed by atoms with Gasteiger partial charge in [-0.25, -0.2) is 9.98 Å². The minimum Gasteiger partial charge on any atom is -0.493 e. The van der Waals surface area contributed by atoms with Crippen LogP contribution >= 0.6 is 0 Å². The number of methoxy groups -OCH3 is 1. The molecule has 1 amide bonds. The van der Waals surface area contributed by atoms with E-state index in [4.69, 9.17) is 21.1 Å². The number of benzene rings is 1. The second-order valence-corrected chi connectivity index (χ2v) is 7.01. The summed E-state index contributed by atoms with van der Waals surface area (Å²) in [7, 11) is 1.56. The van der Waals surface area contributed by atoms with Gasteiger partial charge in [-0.15, -0.1) is 0 Å². The van der Waals surface area contributed by atoms with Crippen molar-refractivity contribution in [1.82, 2.24) is 15.7 Å². The van der Waals surface area contributed by atoms with Crippen LogP contribution in [0.25, 0.3) is 17.0 Å². The summed E-state index contributed by atoms with van der Waals surface area (Å²) in [6.45, 7) is 6.43. The maximum absolute atomic E-state index is 12.6. The van der Waals surface area contributed by atoms with Crippen LogP contribution in [-0.2, 0) is 4.74 Å². The van der Waals surface area contributed by atoms with Crippen LogP contribution < -0.4 is 27.1 Å². The van der Waals surface area contributed by atoms with Gasteiger partial charge in [0.05, 0.1) is 24.9 Å². The van der Waals surface area contributed by atoms with Gasteiger partial charge in [0.15, 0.2) is 0 Å². The van der Waals surface area contributed by atoms with Crippen molar-refractivity contribution >= 4 is 28.8 Å². The Morgan fingerprint density at radius 2 is 2.09 bits per heavy atom. The summed E-state index contributed by atoms with van der Waals surface area (Å²) in [5.74, 6) is 6.39. The van der Waals surface area contributed by atoms with Gasteiger partial charge in [0.2, 0.25) is 5.90 Å². The van der Waals surface area contributed by atoms with Crippen LogP contribution in [0.15, 0.2) is 59.0 Å². The molecule has 1 aromatic carbocycles. The predicted molar refractivity (Wildman–Crippen MR) is 132 cm³/mol. The van der Waals surface area contributed by atoms with Crippen molar-refractivity contribution in [3.8, 4) is 5.75 Å². The van der Waals surface area contributed by atoms with E-state index in [1.807, 2.05) is 32.1 Å². The topological polar surface area (TPSA) is 137 Å². The van der Waals surface area contributed by atoms with Crippen molar-refractivity contribution in [3.63, 3.8) is 0 Å². The predicted octanol–water partition coefficient (Wildman–Crippen LogP) is 3.00. The molecule has 1 aromatic heterocycles. The van der Waals surface area contributed by atoms with Gasteiger partial charge in [0.25, 0.3) is 5.91 Å². The number of pyridine rings is 1. The molecule has 2 aromatic rings. The maximum Gasteiger partial charge on any atom is 0.251 e. The Balaban J connectivity index is 2.30. The number of nitrogens with two attached hydrogens (primary N) is 2. The molecule has 2 rings (SSSR count). The highest BCUT2D eigenvalue weighted by atomic mass is 16.5. The van der Waals surface area contributed by atoms with E-state index in [0.29, 0.717) is 59.4 Å². The van der Waals surface area contributed by atoms with Crippen molar-refractivity contribution in [2.24, 2.45) is 16.6 Å². The number of carbonyl (C=O) groups excluding carboxylic acids is 1. The molecule has 0 saturated heterocycles. The maximum atomic E-state index is 12.6. The summed E-state index contributed by atoms with van der Waals surface area (Å²) in [5, 5.41) is 3.68. The zero-order valence-electron chi connectivity index (χ0n) is 19.5. The van der Waals surface area contributed by atoms with E-state index in [1.54, 1.807) is 44.5 Å². The number of nitrogens with zero attached hydrogens (tertiary/aromatic N) is 2. The van der Waals surface area contributed by atoms with Crippen molar-refractivity contribution in [2.45, 2.75) is 27.2 Å². The molecular weight excluding hydrogens is 420 g/mol. The Morgan fingerprint density at radius 1 is 1.30 bits per heavy atom. The number of allylic oxidation sites excluding steroid dienone is 2. The fraction of sp³-hybridized carbons (Fsp3) is 0.292. The average Bonchev–Trinajstić information content (AvgIpc) is 2.80. The van der Waals surface area contributed by atoms with Crippen LogP contribution in [0.4, 0.5) is 0 Å². The Hall–Kier alpha value is -3.85. The normalized spacial score (nSPS) is 12.8. The summed E-state index contributed by atoms with van der Waals surface area (Å²) in [4.78, 5) is 21.5. The Kier molecular flexibility index (Phi) is 9.91. The smallest absolute Gasteiger partial charge is 0.251 e. The van der Waals surface area contributed by atoms with Gasteiger partial charge in [-0.1, -0.05) is 6.08 Å². The van der Waals surface area contributed by atoms with Crippen LogP contribution in [0.3, 0.4) is 0 Å². The molecule has 0 fully saturated rings. The summed E-state index contributed by atoms with van der Waals surface area (Å²) in [6, 6.07) is 7.15. The van der Waals surface area contributed by atoms with E-state index in [0.717, 1.165) is 5.39 Å². The number of carbonyl (C=O) groups is 1. The van der Waals surface area contributed by atoms with E-state index >= 15 is 0 Å². The first kappa shape index (κ1) is 25.4. The van der Waals surface area contributed by atoms with Crippen molar-refractivity contribution < 1.29 is 14.3 Å². The van der Waals surface area contributed by atoms with Crippen molar-refractivity contribution in [3.05, 3.63) is 65.3 Å². The first-order valence-electron chi connectivity index (χ1n) is 10.6. The number of aromatic nitrogens is 1. The summed E-state index contributed by atoms with van der Waals surface area (Å²) in [5.41, 5.74) is 11.3. The number of fused-ring (bicyclic) bond motifs is 1. The Morgan fingerprint density at radius 3 is 2.73 bits per heavy atom. The lowest BCUT2D eigenvalue weighted by molar-refractivity contribution is 0.0954. The lowest BCUT2D eigenvalue weighted by Crippen LogP contribution is -2.30. The number of aliphatic imine (C=N–C) groups is 1. The summed E-state index contributed by atoms with van der Waals surface area (Å²) >= 11 is 0. The van der Waals surface area contributed by atoms with E-state index in [-0.39, 0.29) is 5.91 Å². The molecule has 33 heavy (non-hydrogen) atoms. The minimum atomic E-state index is -0.218. The van der Waals surface area contributed by atoms with Crippen LogP contribution in [-0.4, -0.2) is 37.1 Å². The number of hydrazine groups is 1. The molecule has 6 N–H and O–H groups in total. The molecule has 0 unspecified atom stereocenters. The number of hydrogen-bond donors (Lipinski definition) is 4. The van der Waals surface area contributed by atoms with Gasteiger partial charge in [0, 0.05) is 47.6 Å². The quantitative estimate of drug-likeness (QED) is 0.188. The van der Waals surface area contributed by atoms with Crippen molar-refractivity contribution in [1.29, 1.82) is 0 Å². The van der Waals surface area contributed by atoms with Gasteiger partial charge in [-0.05, 0) is 51.1 Å². The van der Waals surface area contributed by atoms with Gasteiger partial charge in [0.1, 0.15) is 5.75 Å². The first-order valence-corrected chi connectivity index (χ1v) is 10.6. The highest BCUT2D eigenvalue weighted by molar-refractivity contribution is 5.99. The number of nitrogens with one attached hydrogen (secondary N) is 2. The second kappa shape index (κ2) is 12.9. The van der Waals surface area contributed by atoms with E-state index < -0.39 is 0 Å². The van der Waals surface area contributed by atoms with E-state index in [9.17, 15) is 4.79 Å². The zero-order chi connectivity index (χ0) is 24.2.